The van der Waals surface area contributed by atoms with E-state index in [9.17, 15) is 4.79 Å². The summed E-state index contributed by atoms with van der Waals surface area (Å²) in [4.78, 5) is 14.3. The summed E-state index contributed by atoms with van der Waals surface area (Å²) in [6.07, 6.45) is 3.75. The van der Waals surface area contributed by atoms with Crippen LogP contribution in [0.25, 0.3) is 0 Å². The Kier molecular flexibility index (Phi) is 5.59. The highest BCUT2D eigenvalue weighted by atomic mass is 16.3. The van der Waals surface area contributed by atoms with Gasteiger partial charge in [-0.05, 0) is 50.3 Å². The van der Waals surface area contributed by atoms with Gasteiger partial charge in [-0.3, -0.25) is 0 Å². The van der Waals surface area contributed by atoms with Gasteiger partial charge >= 0.3 is 6.03 Å². The van der Waals surface area contributed by atoms with Gasteiger partial charge in [-0.15, -0.1) is 0 Å². The van der Waals surface area contributed by atoms with E-state index in [1.807, 2.05) is 36.1 Å². The van der Waals surface area contributed by atoms with Crippen LogP contribution >= 0.6 is 0 Å². The molecule has 1 aliphatic rings. The van der Waals surface area contributed by atoms with Crippen LogP contribution in [-0.4, -0.2) is 35.2 Å². The van der Waals surface area contributed by atoms with Crippen LogP contribution in [0, 0.1) is 0 Å². The Morgan fingerprint density at radius 1 is 1.52 bits per heavy atom. The summed E-state index contributed by atoms with van der Waals surface area (Å²) in [6, 6.07) is 7.63. The number of hydrogen-bond donors (Lipinski definition) is 3. The summed E-state index contributed by atoms with van der Waals surface area (Å²) in [7, 11) is 0. The SMILES string of the molecule is CC(N)c1cccc(NC(=O)N2CCCCC2CCO)c1. The largest absolute Gasteiger partial charge is 0.396 e. The summed E-state index contributed by atoms with van der Waals surface area (Å²) < 4.78 is 0. The molecular formula is C16H25N3O2. The summed E-state index contributed by atoms with van der Waals surface area (Å²) in [6.45, 7) is 2.79. The number of aliphatic hydroxyl groups excluding tert-OH is 1. The zero-order valence-electron chi connectivity index (χ0n) is 12.6. The lowest BCUT2D eigenvalue weighted by molar-refractivity contribution is 0.141. The number of nitrogens with two attached hydrogens (primary N) is 1. The smallest absolute Gasteiger partial charge is 0.322 e. The van der Waals surface area contributed by atoms with Crippen LogP contribution in [0.3, 0.4) is 0 Å². The van der Waals surface area contributed by atoms with Crippen molar-refractivity contribution >= 4 is 11.7 Å². The van der Waals surface area contributed by atoms with Crippen LogP contribution in [-0.2, 0) is 0 Å². The second-order valence-corrected chi connectivity index (χ2v) is 5.70. The third-order valence-electron chi connectivity index (χ3n) is 4.01. The van der Waals surface area contributed by atoms with Gasteiger partial charge in [0.2, 0.25) is 0 Å². The Bertz CT molecular complexity index is 474. The van der Waals surface area contributed by atoms with Crippen LogP contribution in [0.15, 0.2) is 24.3 Å². The zero-order valence-corrected chi connectivity index (χ0v) is 12.6. The van der Waals surface area contributed by atoms with Gasteiger partial charge in [-0.1, -0.05) is 12.1 Å². The van der Waals surface area contributed by atoms with Crippen molar-refractivity contribution in [2.45, 2.75) is 44.7 Å². The monoisotopic (exact) mass is 291 g/mol. The molecule has 0 aliphatic carbocycles. The molecule has 1 saturated heterocycles. The fourth-order valence-corrected chi connectivity index (χ4v) is 2.81. The van der Waals surface area contributed by atoms with Crippen LogP contribution in [0.4, 0.5) is 10.5 Å². The Labute approximate surface area is 126 Å². The van der Waals surface area contributed by atoms with Crippen LogP contribution in [0.1, 0.15) is 44.2 Å². The highest BCUT2D eigenvalue weighted by Crippen LogP contribution is 2.21. The summed E-state index contributed by atoms with van der Waals surface area (Å²) in [5, 5.41) is 12.1. The minimum Gasteiger partial charge on any atom is -0.396 e. The van der Waals surface area contributed by atoms with Gasteiger partial charge in [0.1, 0.15) is 0 Å². The number of benzene rings is 1. The minimum atomic E-state index is -0.0880. The Balaban J connectivity index is 2.04. The molecule has 116 valence electrons. The van der Waals surface area contributed by atoms with E-state index < -0.39 is 0 Å². The van der Waals surface area contributed by atoms with Crippen molar-refractivity contribution in [1.29, 1.82) is 0 Å². The van der Waals surface area contributed by atoms with Crippen molar-refractivity contribution in [3.63, 3.8) is 0 Å². The molecule has 0 saturated carbocycles. The molecule has 1 heterocycles. The van der Waals surface area contributed by atoms with E-state index in [0.717, 1.165) is 37.1 Å². The van der Waals surface area contributed by atoms with Gasteiger partial charge in [0.05, 0.1) is 0 Å². The molecule has 5 heteroatoms. The number of nitrogens with zero attached hydrogens (tertiary/aromatic N) is 1. The molecule has 4 N–H and O–H groups in total. The first-order chi connectivity index (χ1) is 10.1. The predicted octanol–water partition coefficient (Wildman–Crippen LogP) is 2.48. The maximum Gasteiger partial charge on any atom is 0.322 e. The van der Waals surface area contributed by atoms with Gasteiger partial charge < -0.3 is 21.1 Å². The number of carbonyl (C=O) groups is 1. The topological polar surface area (TPSA) is 78.6 Å². The number of likely N-dealkylation sites (tertiary alicyclic amines) is 1. The number of amides is 2. The average Bonchev–Trinajstić information content (AvgIpc) is 2.48. The van der Waals surface area contributed by atoms with Gasteiger partial charge in [-0.25, -0.2) is 4.79 Å². The zero-order chi connectivity index (χ0) is 15.2. The molecule has 5 nitrogen and oxygen atoms in total. The average molecular weight is 291 g/mol. The minimum absolute atomic E-state index is 0.0565. The number of hydrogen-bond acceptors (Lipinski definition) is 3. The molecule has 1 aromatic carbocycles. The van der Waals surface area contributed by atoms with E-state index in [0.29, 0.717) is 6.42 Å². The maximum absolute atomic E-state index is 12.4. The molecular weight excluding hydrogens is 266 g/mol. The lowest BCUT2D eigenvalue weighted by Gasteiger charge is -2.35. The van der Waals surface area contributed by atoms with Crippen LogP contribution in [0.5, 0.6) is 0 Å². The molecule has 2 amide bonds. The van der Waals surface area contributed by atoms with Gasteiger partial charge in [-0.2, -0.15) is 0 Å². The Morgan fingerprint density at radius 3 is 3.05 bits per heavy atom. The molecule has 0 radical (unpaired) electrons. The second kappa shape index (κ2) is 7.43. The normalized spacial score (nSPS) is 20.1. The first kappa shape index (κ1) is 15.8. The third kappa shape index (κ3) is 4.19. The molecule has 21 heavy (non-hydrogen) atoms. The predicted molar refractivity (Wildman–Crippen MR) is 84.1 cm³/mol. The summed E-state index contributed by atoms with van der Waals surface area (Å²) >= 11 is 0. The number of carbonyl (C=O) groups excluding carboxylic acids is 1. The molecule has 0 bridgehead atoms. The molecule has 2 unspecified atom stereocenters. The maximum atomic E-state index is 12.4. The van der Waals surface area contributed by atoms with Crippen molar-refractivity contribution in [3.05, 3.63) is 29.8 Å². The van der Waals surface area contributed by atoms with Crippen LogP contribution in [0.2, 0.25) is 0 Å². The van der Waals surface area contributed by atoms with Crippen molar-refractivity contribution in [2.75, 3.05) is 18.5 Å². The molecule has 0 spiro atoms. The van der Waals surface area contributed by atoms with E-state index in [1.165, 1.54) is 0 Å². The van der Waals surface area contributed by atoms with E-state index in [2.05, 4.69) is 5.32 Å². The van der Waals surface area contributed by atoms with Gasteiger partial charge in [0.15, 0.2) is 0 Å². The van der Waals surface area contributed by atoms with Crippen molar-refractivity contribution in [1.82, 2.24) is 4.90 Å². The number of aliphatic hydroxyl groups is 1. The van der Waals surface area contributed by atoms with Crippen molar-refractivity contribution in [2.24, 2.45) is 5.73 Å². The number of nitrogens with one attached hydrogen (secondary N) is 1. The second-order valence-electron chi connectivity index (χ2n) is 5.70. The molecule has 1 aliphatic heterocycles. The molecule has 2 atom stereocenters. The fraction of sp³-hybridized carbons (Fsp3) is 0.562. The van der Waals surface area contributed by atoms with E-state index in [1.54, 1.807) is 0 Å². The lowest BCUT2D eigenvalue weighted by Crippen LogP contribution is -2.46. The standard InChI is InChI=1S/C16H25N3O2/c1-12(17)13-5-4-6-14(11-13)18-16(21)19-9-3-2-7-15(19)8-10-20/h4-6,11-12,15,20H,2-3,7-10,17H2,1H3,(H,18,21). The van der Waals surface area contributed by atoms with E-state index >= 15 is 0 Å². The highest BCUT2D eigenvalue weighted by Gasteiger charge is 2.26. The fourth-order valence-electron chi connectivity index (χ4n) is 2.81. The first-order valence-corrected chi connectivity index (χ1v) is 7.66. The molecule has 1 fully saturated rings. The quantitative estimate of drug-likeness (QED) is 0.797. The van der Waals surface area contributed by atoms with Gasteiger partial charge in [0, 0.05) is 30.9 Å². The Hall–Kier alpha value is -1.59. The van der Waals surface area contributed by atoms with Crippen molar-refractivity contribution in [3.8, 4) is 0 Å². The molecule has 2 rings (SSSR count). The molecule has 0 aromatic heterocycles. The number of rotatable bonds is 4. The lowest BCUT2D eigenvalue weighted by atomic mass is 10.00. The third-order valence-corrected chi connectivity index (χ3v) is 4.01. The number of anilines is 1. The number of piperidine rings is 1. The molecule has 1 aromatic rings. The number of urea groups is 1. The first-order valence-electron chi connectivity index (χ1n) is 7.66. The van der Waals surface area contributed by atoms with Crippen molar-refractivity contribution < 1.29 is 9.90 Å². The summed E-state index contributed by atoms with van der Waals surface area (Å²) in [5.74, 6) is 0. The summed E-state index contributed by atoms with van der Waals surface area (Å²) in [5.41, 5.74) is 7.63. The van der Waals surface area contributed by atoms with Gasteiger partial charge in [0.25, 0.3) is 0 Å². The Morgan fingerprint density at radius 2 is 2.33 bits per heavy atom. The van der Waals surface area contributed by atoms with Crippen LogP contribution < -0.4 is 11.1 Å². The highest BCUT2D eigenvalue weighted by molar-refractivity contribution is 5.89. The van der Waals surface area contributed by atoms with E-state index in [-0.39, 0.29) is 24.7 Å². The van der Waals surface area contributed by atoms with E-state index in [4.69, 9.17) is 10.8 Å².